The van der Waals surface area contributed by atoms with Gasteiger partial charge in [0.2, 0.25) is 0 Å². The number of nitrogens with one attached hydrogen (secondary N) is 2. The number of aliphatic hydroxyl groups excluding tert-OH is 1. The summed E-state index contributed by atoms with van der Waals surface area (Å²) in [5.74, 6) is 2.61. The van der Waals surface area contributed by atoms with E-state index < -0.39 is 12.0 Å². The Morgan fingerprint density at radius 2 is 1.92 bits per heavy atom. The molecule has 1 atom stereocenters. The van der Waals surface area contributed by atoms with Gasteiger partial charge < -0.3 is 15.4 Å². The summed E-state index contributed by atoms with van der Waals surface area (Å²) in [6.07, 6.45) is 8.13. The van der Waals surface area contributed by atoms with Gasteiger partial charge in [-0.05, 0) is 63.2 Å². The number of H-pyrrole nitrogens is 1. The molecule has 4 saturated carbocycles. The Labute approximate surface area is 141 Å². The Bertz CT molecular complexity index is 674. The molecule has 4 aliphatic rings. The summed E-state index contributed by atoms with van der Waals surface area (Å²) >= 11 is 0. The highest BCUT2D eigenvalue weighted by Crippen LogP contribution is 2.59. The number of carbonyl (C=O) groups excluding carboxylic acids is 1. The molecule has 0 saturated heterocycles. The average molecular weight is 331 g/mol. The summed E-state index contributed by atoms with van der Waals surface area (Å²) in [4.78, 5) is 31.9. The monoisotopic (exact) mass is 331 g/mol. The van der Waals surface area contributed by atoms with Gasteiger partial charge >= 0.3 is 0 Å². The molecule has 1 aromatic heterocycles. The lowest BCUT2D eigenvalue weighted by Crippen LogP contribution is -2.50. The Balaban J connectivity index is 1.58. The van der Waals surface area contributed by atoms with Crippen LogP contribution in [0, 0.1) is 17.8 Å². The van der Waals surface area contributed by atoms with E-state index in [0.717, 1.165) is 42.8 Å². The molecule has 130 valence electrons. The molecule has 24 heavy (non-hydrogen) atoms. The molecular weight excluding hydrogens is 306 g/mol. The van der Waals surface area contributed by atoms with Crippen molar-refractivity contribution in [2.75, 3.05) is 6.54 Å². The Kier molecular flexibility index (Phi) is 3.75. The van der Waals surface area contributed by atoms with E-state index >= 15 is 0 Å². The van der Waals surface area contributed by atoms with E-state index in [9.17, 15) is 14.7 Å². The van der Waals surface area contributed by atoms with Crippen LogP contribution in [0.1, 0.15) is 61.6 Å². The number of aliphatic hydroxyl groups is 1. The Morgan fingerprint density at radius 1 is 1.33 bits per heavy atom. The van der Waals surface area contributed by atoms with E-state index in [-0.39, 0.29) is 23.1 Å². The molecule has 3 N–H and O–H groups in total. The highest BCUT2D eigenvalue weighted by Gasteiger charge is 2.52. The van der Waals surface area contributed by atoms with Crippen LogP contribution >= 0.6 is 0 Å². The van der Waals surface area contributed by atoms with E-state index in [0.29, 0.717) is 0 Å². The van der Waals surface area contributed by atoms with Gasteiger partial charge in [0.15, 0.2) is 0 Å². The van der Waals surface area contributed by atoms with Crippen LogP contribution < -0.4 is 10.9 Å². The predicted molar refractivity (Wildman–Crippen MR) is 88.7 cm³/mol. The lowest BCUT2D eigenvalue weighted by molar-refractivity contribution is -0.00953. The summed E-state index contributed by atoms with van der Waals surface area (Å²) in [6, 6.07) is 0. The third kappa shape index (κ3) is 2.66. The number of aromatic nitrogens is 2. The lowest BCUT2D eigenvalue weighted by atomic mass is 9.49. The number of nitrogens with zero attached hydrogens (tertiary/aromatic N) is 1. The topological polar surface area (TPSA) is 95.1 Å². The fraction of sp³-hybridized carbons (Fsp3) is 0.722. The van der Waals surface area contributed by atoms with Crippen molar-refractivity contribution in [1.82, 2.24) is 15.3 Å². The summed E-state index contributed by atoms with van der Waals surface area (Å²) in [5.41, 5.74) is -0.342. The van der Waals surface area contributed by atoms with Gasteiger partial charge in [-0.1, -0.05) is 0 Å². The zero-order chi connectivity index (χ0) is 16.9. The third-order valence-corrected chi connectivity index (χ3v) is 6.14. The quantitative estimate of drug-likeness (QED) is 0.776. The van der Waals surface area contributed by atoms with Crippen LogP contribution in [0.15, 0.2) is 11.0 Å². The standard InChI is InChI=1S/C18H25N3O3/c1-10(22)8-19-15(23)14-9-20-17(21-16(14)24)18-5-11-2-12(6-18)4-13(3-11)7-18/h9-13,22H,2-8H2,1H3,(H,19,23)(H,20,21,24)/t10-,11?,12?,13?,18?/m0/s1. The maximum Gasteiger partial charge on any atom is 0.263 e. The first-order valence-electron chi connectivity index (χ1n) is 9.01. The molecule has 1 amide bonds. The molecule has 0 aromatic carbocycles. The van der Waals surface area contributed by atoms with Crippen LogP contribution in [0.3, 0.4) is 0 Å². The van der Waals surface area contributed by atoms with Gasteiger partial charge in [-0.25, -0.2) is 4.98 Å². The molecule has 0 radical (unpaired) electrons. The van der Waals surface area contributed by atoms with Gasteiger partial charge in [0.1, 0.15) is 11.4 Å². The number of hydrogen-bond donors (Lipinski definition) is 3. The van der Waals surface area contributed by atoms with Crippen LogP contribution in [-0.4, -0.2) is 33.6 Å². The normalized spacial score (nSPS) is 35.0. The minimum atomic E-state index is -0.646. The minimum absolute atomic E-state index is 0.0164. The van der Waals surface area contributed by atoms with Gasteiger partial charge in [-0.2, -0.15) is 0 Å². The largest absolute Gasteiger partial charge is 0.392 e. The van der Waals surface area contributed by atoms with Gasteiger partial charge in [-0.15, -0.1) is 0 Å². The van der Waals surface area contributed by atoms with Gasteiger partial charge in [0.05, 0.1) is 6.10 Å². The van der Waals surface area contributed by atoms with Crippen molar-refractivity contribution in [2.45, 2.75) is 57.0 Å². The third-order valence-electron chi connectivity index (χ3n) is 6.14. The summed E-state index contributed by atoms with van der Waals surface area (Å²) < 4.78 is 0. The maximum atomic E-state index is 12.4. The average Bonchev–Trinajstić information content (AvgIpc) is 2.51. The van der Waals surface area contributed by atoms with Gasteiger partial charge in [0.25, 0.3) is 11.5 Å². The summed E-state index contributed by atoms with van der Waals surface area (Å²) in [7, 11) is 0. The molecular formula is C18H25N3O3. The number of aromatic amines is 1. The van der Waals surface area contributed by atoms with E-state index in [1.165, 1.54) is 25.5 Å². The van der Waals surface area contributed by atoms with Crippen molar-refractivity contribution in [3.8, 4) is 0 Å². The molecule has 6 heteroatoms. The van der Waals surface area contributed by atoms with E-state index in [2.05, 4.69) is 15.3 Å². The van der Waals surface area contributed by atoms with Crippen molar-refractivity contribution < 1.29 is 9.90 Å². The second kappa shape index (κ2) is 5.69. The van der Waals surface area contributed by atoms with Crippen LogP contribution in [0.2, 0.25) is 0 Å². The molecule has 6 nitrogen and oxygen atoms in total. The maximum absolute atomic E-state index is 12.4. The second-order valence-corrected chi connectivity index (χ2v) is 8.23. The lowest BCUT2D eigenvalue weighted by Gasteiger charge is -2.56. The summed E-state index contributed by atoms with van der Waals surface area (Å²) in [5, 5.41) is 11.8. The molecule has 1 aromatic rings. The van der Waals surface area contributed by atoms with E-state index in [1.807, 2.05) is 0 Å². The highest BCUT2D eigenvalue weighted by atomic mass is 16.3. The molecule has 0 spiro atoms. The molecule has 0 aliphatic heterocycles. The number of rotatable bonds is 4. The first-order chi connectivity index (χ1) is 11.4. The molecule has 0 unspecified atom stereocenters. The fourth-order valence-corrected chi connectivity index (χ4v) is 5.56. The molecule has 5 rings (SSSR count). The van der Waals surface area contributed by atoms with Crippen molar-refractivity contribution >= 4 is 5.91 Å². The minimum Gasteiger partial charge on any atom is -0.392 e. The number of carbonyl (C=O) groups is 1. The van der Waals surface area contributed by atoms with Crippen LogP contribution in [0.4, 0.5) is 0 Å². The zero-order valence-corrected chi connectivity index (χ0v) is 14.0. The van der Waals surface area contributed by atoms with Crippen molar-refractivity contribution in [1.29, 1.82) is 0 Å². The van der Waals surface area contributed by atoms with E-state index in [1.54, 1.807) is 6.92 Å². The van der Waals surface area contributed by atoms with Crippen molar-refractivity contribution in [3.05, 3.63) is 27.9 Å². The SMILES string of the molecule is C[C@H](O)CNC(=O)c1cnc(C23CC4CC(CC(C4)C2)C3)[nH]c1=O. The van der Waals surface area contributed by atoms with Gasteiger partial charge in [0, 0.05) is 18.2 Å². The van der Waals surface area contributed by atoms with Gasteiger partial charge in [-0.3, -0.25) is 9.59 Å². The molecule has 4 aliphatic carbocycles. The fourth-order valence-electron chi connectivity index (χ4n) is 5.56. The Hall–Kier alpha value is -1.69. The van der Waals surface area contributed by atoms with Crippen molar-refractivity contribution in [3.63, 3.8) is 0 Å². The van der Waals surface area contributed by atoms with E-state index in [4.69, 9.17) is 0 Å². The Morgan fingerprint density at radius 3 is 2.42 bits per heavy atom. The number of hydrogen-bond acceptors (Lipinski definition) is 4. The second-order valence-electron chi connectivity index (χ2n) is 8.23. The van der Waals surface area contributed by atoms with Crippen LogP contribution in [0.5, 0.6) is 0 Å². The predicted octanol–water partition coefficient (Wildman–Crippen LogP) is 1.35. The van der Waals surface area contributed by atoms with Crippen LogP contribution in [-0.2, 0) is 5.41 Å². The smallest absolute Gasteiger partial charge is 0.263 e. The van der Waals surface area contributed by atoms with Crippen LogP contribution in [0.25, 0.3) is 0 Å². The molecule has 4 fully saturated rings. The first kappa shape index (κ1) is 15.8. The summed E-state index contributed by atoms with van der Waals surface area (Å²) in [6.45, 7) is 1.70. The zero-order valence-electron chi connectivity index (χ0n) is 14.0. The highest BCUT2D eigenvalue weighted by molar-refractivity contribution is 5.93. The molecule has 4 bridgehead atoms. The first-order valence-corrected chi connectivity index (χ1v) is 9.01. The number of amides is 1. The van der Waals surface area contributed by atoms with Crippen molar-refractivity contribution in [2.24, 2.45) is 17.8 Å². The molecule has 1 heterocycles.